The molecule has 3 aromatic rings. The van der Waals surface area contributed by atoms with Gasteiger partial charge in [0.25, 0.3) is 5.56 Å². The van der Waals surface area contributed by atoms with E-state index < -0.39 is 0 Å². The Morgan fingerprint density at radius 3 is 3.00 bits per heavy atom. The molecule has 0 aliphatic carbocycles. The summed E-state index contributed by atoms with van der Waals surface area (Å²) in [6.07, 6.45) is 4.87. The summed E-state index contributed by atoms with van der Waals surface area (Å²) in [7, 11) is 0. The zero-order valence-corrected chi connectivity index (χ0v) is 18.7. The molecule has 9 heteroatoms. The molecule has 160 valence electrons. The first-order valence-corrected chi connectivity index (χ1v) is 11.6. The van der Waals surface area contributed by atoms with Gasteiger partial charge in [0, 0.05) is 18.1 Å². The molecule has 1 aliphatic rings. The van der Waals surface area contributed by atoms with Crippen LogP contribution in [0.3, 0.4) is 0 Å². The van der Waals surface area contributed by atoms with Gasteiger partial charge in [0.1, 0.15) is 0 Å². The topological polar surface area (TPSA) is 83.0 Å². The van der Waals surface area contributed by atoms with Crippen molar-refractivity contribution >= 4 is 34.3 Å². The maximum atomic E-state index is 13.2. The highest BCUT2D eigenvalue weighted by Gasteiger charge is 2.23. The average Bonchev–Trinajstić information content (AvgIpc) is 3.41. The van der Waals surface area contributed by atoms with Crippen LogP contribution in [0.2, 0.25) is 5.02 Å². The second-order valence-electron chi connectivity index (χ2n) is 7.52. The molecule has 2 atom stereocenters. The molecule has 2 aromatic heterocycles. The van der Waals surface area contributed by atoms with Crippen molar-refractivity contribution in [2.75, 3.05) is 6.61 Å². The van der Waals surface area contributed by atoms with Crippen LogP contribution < -0.4 is 5.56 Å². The Morgan fingerprint density at radius 1 is 1.37 bits per heavy atom. The summed E-state index contributed by atoms with van der Waals surface area (Å²) in [4.78, 5) is 22.5. The van der Waals surface area contributed by atoms with Gasteiger partial charge in [-0.1, -0.05) is 41.9 Å². The number of benzene rings is 1. The van der Waals surface area contributed by atoms with E-state index in [2.05, 4.69) is 17.1 Å². The van der Waals surface area contributed by atoms with Crippen molar-refractivity contribution < 1.29 is 9.26 Å². The lowest BCUT2D eigenvalue weighted by Gasteiger charge is -2.17. The molecular formula is C21H25ClN4O3S. The lowest BCUT2D eigenvalue weighted by atomic mass is 10.2. The number of hydrogen-bond acceptors (Lipinski definition) is 7. The summed E-state index contributed by atoms with van der Waals surface area (Å²) in [6, 6.07) is 5.17. The summed E-state index contributed by atoms with van der Waals surface area (Å²) < 4.78 is 12.9. The monoisotopic (exact) mass is 448 g/mol. The highest BCUT2D eigenvalue weighted by molar-refractivity contribution is 7.99. The quantitative estimate of drug-likeness (QED) is 0.361. The molecular weight excluding hydrogens is 424 g/mol. The first-order chi connectivity index (χ1) is 14.5. The highest BCUT2D eigenvalue weighted by Crippen LogP contribution is 2.33. The minimum absolute atomic E-state index is 0.0213. The van der Waals surface area contributed by atoms with E-state index in [1.165, 1.54) is 11.8 Å². The van der Waals surface area contributed by atoms with Crippen LogP contribution in [0.15, 0.2) is 32.7 Å². The van der Waals surface area contributed by atoms with E-state index in [0.717, 1.165) is 38.7 Å². The van der Waals surface area contributed by atoms with E-state index in [1.54, 1.807) is 22.8 Å². The molecule has 0 amide bonds. The first kappa shape index (κ1) is 21.3. The molecule has 0 radical (unpaired) electrons. The van der Waals surface area contributed by atoms with Gasteiger partial charge < -0.3 is 9.26 Å². The summed E-state index contributed by atoms with van der Waals surface area (Å²) in [5.41, 5.74) is 0.496. The van der Waals surface area contributed by atoms with Crippen molar-refractivity contribution in [2.24, 2.45) is 0 Å². The number of thioether (sulfide) groups is 1. The van der Waals surface area contributed by atoms with Crippen LogP contribution in [-0.2, 0) is 17.7 Å². The molecule has 0 saturated carbocycles. The molecule has 0 spiro atoms. The largest absolute Gasteiger partial charge is 0.376 e. The number of aryl methyl sites for hydroxylation is 1. The molecule has 30 heavy (non-hydrogen) atoms. The van der Waals surface area contributed by atoms with Crippen LogP contribution in [0.5, 0.6) is 0 Å². The Morgan fingerprint density at radius 2 is 2.23 bits per heavy atom. The Kier molecular flexibility index (Phi) is 6.75. The number of nitrogens with zero attached hydrogens (tertiary/aromatic N) is 4. The Balaban J connectivity index is 1.66. The first-order valence-electron chi connectivity index (χ1n) is 10.4. The van der Waals surface area contributed by atoms with Gasteiger partial charge in [0.15, 0.2) is 11.0 Å². The van der Waals surface area contributed by atoms with Crippen molar-refractivity contribution in [3.63, 3.8) is 0 Å². The maximum absolute atomic E-state index is 13.2. The Bertz CT molecular complexity index is 1080. The van der Waals surface area contributed by atoms with Crippen LogP contribution in [0.25, 0.3) is 10.9 Å². The average molecular weight is 449 g/mol. The van der Waals surface area contributed by atoms with Crippen LogP contribution in [0, 0.1) is 0 Å². The number of unbranched alkanes of at least 4 members (excludes halogenated alkanes) is 1. The number of ether oxygens (including phenoxy) is 1. The smallest absolute Gasteiger partial charge is 0.262 e. The SMILES string of the molecule is CCCCc1noc([C@H](C)Sc2nc3cc(Cl)ccc3c(=O)n2C[C@@H]2CCCO2)n1. The van der Waals surface area contributed by atoms with Gasteiger partial charge in [-0.2, -0.15) is 4.98 Å². The van der Waals surface area contributed by atoms with E-state index in [4.69, 9.17) is 25.8 Å². The van der Waals surface area contributed by atoms with Gasteiger partial charge in [-0.15, -0.1) is 0 Å². The number of aromatic nitrogens is 4. The van der Waals surface area contributed by atoms with E-state index in [9.17, 15) is 4.79 Å². The summed E-state index contributed by atoms with van der Waals surface area (Å²) in [5, 5.41) is 5.63. The predicted molar refractivity (Wildman–Crippen MR) is 117 cm³/mol. The normalized spacial score (nSPS) is 17.6. The standard InChI is InChI=1S/C21H25ClN4O3S/c1-3-4-7-18-24-19(29-25-18)13(2)30-21-23-17-11-14(22)8-9-16(17)20(27)26(21)12-15-6-5-10-28-15/h8-9,11,13,15H,3-7,10,12H2,1-2H3/t13-,15-/m0/s1. The zero-order valence-electron chi connectivity index (χ0n) is 17.1. The van der Waals surface area contributed by atoms with E-state index in [0.29, 0.717) is 39.3 Å². The fourth-order valence-corrected chi connectivity index (χ4v) is 4.61. The van der Waals surface area contributed by atoms with Crippen LogP contribution >= 0.6 is 23.4 Å². The molecule has 1 fully saturated rings. The summed E-state index contributed by atoms with van der Waals surface area (Å²) in [6.45, 7) is 5.32. The molecule has 3 heterocycles. The molecule has 0 unspecified atom stereocenters. The molecule has 1 saturated heterocycles. The fourth-order valence-electron chi connectivity index (χ4n) is 3.49. The van der Waals surface area contributed by atoms with Crippen molar-refractivity contribution in [1.29, 1.82) is 0 Å². The van der Waals surface area contributed by atoms with Gasteiger partial charge in [-0.05, 0) is 44.4 Å². The lowest BCUT2D eigenvalue weighted by Crippen LogP contribution is -2.29. The second kappa shape index (κ2) is 9.49. The number of rotatable bonds is 8. The molecule has 0 N–H and O–H groups in total. The van der Waals surface area contributed by atoms with Crippen LogP contribution in [0.4, 0.5) is 0 Å². The minimum Gasteiger partial charge on any atom is -0.376 e. The number of hydrogen-bond donors (Lipinski definition) is 0. The van der Waals surface area contributed by atoms with Crippen molar-refractivity contribution in [1.82, 2.24) is 19.7 Å². The van der Waals surface area contributed by atoms with E-state index >= 15 is 0 Å². The summed E-state index contributed by atoms with van der Waals surface area (Å²) in [5.74, 6) is 1.25. The van der Waals surface area contributed by atoms with Gasteiger partial charge in [-0.25, -0.2) is 4.98 Å². The second-order valence-corrected chi connectivity index (χ2v) is 9.26. The Labute approximate surface area is 184 Å². The third kappa shape index (κ3) is 4.71. The predicted octanol–water partition coefficient (Wildman–Crippen LogP) is 4.81. The fraction of sp³-hybridized carbons (Fsp3) is 0.524. The zero-order chi connectivity index (χ0) is 21.1. The van der Waals surface area contributed by atoms with Crippen LogP contribution in [-0.4, -0.2) is 32.4 Å². The van der Waals surface area contributed by atoms with Gasteiger partial charge >= 0.3 is 0 Å². The van der Waals surface area contributed by atoms with Crippen molar-refractivity contribution in [3.8, 4) is 0 Å². The molecule has 0 bridgehead atoms. The number of halogens is 1. The maximum Gasteiger partial charge on any atom is 0.262 e. The van der Waals surface area contributed by atoms with E-state index in [1.807, 2.05) is 6.92 Å². The minimum atomic E-state index is -0.146. The van der Waals surface area contributed by atoms with E-state index in [-0.39, 0.29) is 16.9 Å². The van der Waals surface area contributed by atoms with Crippen molar-refractivity contribution in [2.45, 2.75) is 69.0 Å². The summed E-state index contributed by atoms with van der Waals surface area (Å²) >= 11 is 7.57. The third-order valence-corrected chi connectivity index (χ3v) is 6.47. The molecule has 1 aromatic carbocycles. The van der Waals surface area contributed by atoms with Gasteiger partial charge in [0.05, 0.1) is 28.8 Å². The highest BCUT2D eigenvalue weighted by atomic mass is 35.5. The molecule has 1 aliphatic heterocycles. The van der Waals surface area contributed by atoms with Crippen LogP contribution in [0.1, 0.15) is 56.5 Å². The molecule has 4 rings (SSSR count). The van der Waals surface area contributed by atoms with Crippen molar-refractivity contribution in [3.05, 3.63) is 45.3 Å². The Hall–Kier alpha value is -1.90. The van der Waals surface area contributed by atoms with Gasteiger partial charge in [0.2, 0.25) is 5.89 Å². The lowest BCUT2D eigenvalue weighted by molar-refractivity contribution is 0.0937. The molecule has 7 nitrogen and oxygen atoms in total. The third-order valence-electron chi connectivity index (χ3n) is 5.16. The number of fused-ring (bicyclic) bond motifs is 1. The van der Waals surface area contributed by atoms with Gasteiger partial charge in [-0.3, -0.25) is 9.36 Å².